The van der Waals surface area contributed by atoms with E-state index in [0.717, 1.165) is 12.1 Å². The molecule has 1 amide bonds. The molecule has 2 N–H and O–H groups in total. The number of rotatable bonds is 5. The summed E-state index contributed by atoms with van der Waals surface area (Å²) in [5.41, 5.74) is 1.98. The summed E-state index contributed by atoms with van der Waals surface area (Å²) in [7, 11) is 0. The first-order valence-corrected chi connectivity index (χ1v) is 6.90. The Labute approximate surface area is 121 Å². The van der Waals surface area contributed by atoms with Gasteiger partial charge in [0.25, 0.3) is 5.91 Å². The van der Waals surface area contributed by atoms with Crippen molar-refractivity contribution in [2.75, 3.05) is 6.54 Å². The summed E-state index contributed by atoms with van der Waals surface area (Å²) in [5, 5.41) is 6.37. The molecule has 0 bridgehead atoms. The van der Waals surface area contributed by atoms with Crippen molar-refractivity contribution in [1.82, 2.24) is 10.6 Å². The van der Waals surface area contributed by atoms with Crippen LogP contribution in [0.25, 0.3) is 0 Å². The van der Waals surface area contributed by atoms with Crippen molar-refractivity contribution in [2.24, 2.45) is 0 Å². The van der Waals surface area contributed by atoms with Crippen LogP contribution >= 0.6 is 12.4 Å². The second-order valence-corrected chi connectivity index (χ2v) is 4.92. The van der Waals surface area contributed by atoms with Gasteiger partial charge in [-0.05, 0) is 37.5 Å². The van der Waals surface area contributed by atoms with Crippen molar-refractivity contribution in [3.8, 4) is 0 Å². The van der Waals surface area contributed by atoms with Crippen LogP contribution < -0.4 is 10.6 Å². The van der Waals surface area contributed by atoms with Gasteiger partial charge in [0.1, 0.15) is 0 Å². The molecule has 1 aliphatic carbocycles. The van der Waals surface area contributed by atoms with Gasteiger partial charge in [-0.3, -0.25) is 4.79 Å². The molecule has 1 saturated carbocycles. The molecule has 0 aromatic heterocycles. The van der Waals surface area contributed by atoms with Crippen molar-refractivity contribution in [1.29, 1.82) is 0 Å². The Kier molecular flexibility index (Phi) is 6.89. The largest absolute Gasteiger partial charge is 0.352 e. The second-order valence-electron chi connectivity index (χ2n) is 4.92. The number of hydrogen-bond acceptors (Lipinski definition) is 2. The van der Waals surface area contributed by atoms with Crippen LogP contribution in [0.2, 0.25) is 0 Å². The predicted octanol–water partition coefficient (Wildman–Crippen LogP) is 2.89. The van der Waals surface area contributed by atoms with E-state index in [2.05, 4.69) is 10.6 Å². The highest BCUT2D eigenvalue weighted by molar-refractivity contribution is 5.94. The van der Waals surface area contributed by atoms with Crippen molar-refractivity contribution in [2.45, 2.75) is 45.2 Å². The minimum absolute atomic E-state index is 0. The number of carbonyl (C=O) groups is 1. The molecule has 0 spiro atoms. The van der Waals surface area contributed by atoms with Gasteiger partial charge in [0.15, 0.2) is 0 Å². The first-order valence-electron chi connectivity index (χ1n) is 6.90. The lowest BCUT2D eigenvalue weighted by Crippen LogP contribution is -2.25. The maximum atomic E-state index is 11.6. The predicted molar refractivity (Wildman–Crippen MR) is 80.8 cm³/mol. The first-order chi connectivity index (χ1) is 8.79. The third-order valence-electron chi connectivity index (χ3n) is 3.50. The number of carbonyl (C=O) groups excluding carboxylic acids is 1. The molecule has 1 aromatic rings. The van der Waals surface area contributed by atoms with E-state index in [-0.39, 0.29) is 18.3 Å². The maximum Gasteiger partial charge on any atom is 0.251 e. The van der Waals surface area contributed by atoms with Crippen LogP contribution in [-0.4, -0.2) is 18.5 Å². The van der Waals surface area contributed by atoms with Crippen LogP contribution in [0.3, 0.4) is 0 Å². The Morgan fingerprint density at radius 1 is 1.21 bits per heavy atom. The van der Waals surface area contributed by atoms with E-state index < -0.39 is 0 Å². The fourth-order valence-electron chi connectivity index (χ4n) is 2.43. The Morgan fingerprint density at radius 2 is 1.84 bits per heavy atom. The average Bonchev–Trinajstić information content (AvgIpc) is 2.90. The molecule has 3 nitrogen and oxygen atoms in total. The van der Waals surface area contributed by atoms with Gasteiger partial charge in [-0.2, -0.15) is 0 Å². The third-order valence-corrected chi connectivity index (χ3v) is 3.50. The molecule has 0 saturated heterocycles. The Hall–Kier alpha value is -1.06. The molecule has 1 aliphatic rings. The summed E-state index contributed by atoms with van der Waals surface area (Å²) < 4.78 is 0. The van der Waals surface area contributed by atoms with Crippen molar-refractivity contribution >= 4 is 18.3 Å². The van der Waals surface area contributed by atoms with Gasteiger partial charge in [-0.15, -0.1) is 12.4 Å². The smallest absolute Gasteiger partial charge is 0.251 e. The van der Waals surface area contributed by atoms with Gasteiger partial charge in [-0.25, -0.2) is 0 Å². The van der Waals surface area contributed by atoms with Crippen LogP contribution in [0.15, 0.2) is 24.3 Å². The SMILES string of the molecule is CCNC(=O)c1ccc(CNC2CCCC2)cc1.Cl. The summed E-state index contributed by atoms with van der Waals surface area (Å²) >= 11 is 0. The van der Waals surface area contributed by atoms with Crippen molar-refractivity contribution in [3.63, 3.8) is 0 Å². The highest BCUT2D eigenvalue weighted by Gasteiger charge is 2.13. The molecule has 0 aliphatic heterocycles. The van der Waals surface area contributed by atoms with E-state index >= 15 is 0 Å². The fraction of sp³-hybridized carbons (Fsp3) is 0.533. The number of nitrogens with one attached hydrogen (secondary N) is 2. The molecule has 1 aromatic carbocycles. The molecule has 19 heavy (non-hydrogen) atoms. The molecule has 0 unspecified atom stereocenters. The minimum atomic E-state index is 0. The molecular formula is C15H23ClN2O. The van der Waals surface area contributed by atoms with E-state index in [1.807, 2.05) is 31.2 Å². The van der Waals surface area contributed by atoms with Gasteiger partial charge in [0, 0.05) is 24.7 Å². The monoisotopic (exact) mass is 282 g/mol. The molecular weight excluding hydrogens is 260 g/mol. The molecule has 0 heterocycles. The summed E-state index contributed by atoms with van der Waals surface area (Å²) in [6, 6.07) is 8.56. The topological polar surface area (TPSA) is 41.1 Å². The van der Waals surface area contributed by atoms with Gasteiger partial charge in [0.2, 0.25) is 0 Å². The zero-order valence-electron chi connectivity index (χ0n) is 11.4. The number of halogens is 1. The van der Waals surface area contributed by atoms with Crippen LogP contribution in [0, 0.1) is 0 Å². The Bertz CT molecular complexity index is 386. The van der Waals surface area contributed by atoms with Crippen LogP contribution in [-0.2, 0) is 6.54 Å². The lowest BCUT2D eigenvalue weighted by atomic mass is 10.1. The van der Waals surface area contributed by atoms with E-state index in [1.54, 1.807) is 0 Å². The quantitative estimate of drug-likeness (QED) is 0.872. The fourth-order valence-corrected chi connectivity index (χ4v) is 2.43. The summed E-state index contributed by atoms with van der Waals surface area (Å²) in [4.78, 5) is 11.6. The standard InChI is InChI=1S/C15H22N2O.ClH/c1-2-16-15(18)13-9-7-12(8-10-13)11-17-14-5-3-4-6-14;/h7-10,14,17H,2-6,11H2,1H3,(H,16,18);1H. The number of amides is 1. The van der Waals surface area contributed by atoms with Gasteiger partial charge >= 0.3 is 0 Å². The normalized spacial score (nSPS) is 15.0. The van der Waals surface area contributed by atoms with Crippen LogP contribution in [0.1, 0.15) is 48.5 Å². The summed E-state index contributed by atoms with van der Waals surface area (Å²) in [6.07, 6.45) is 5.32. The highest BCUT2D eigenvalue weighted by Crippen LogP contribution is 2.18. The first kappa shape index (κ1) is 16.0. The molecule has 0 atom stereocenters. The molecule has 2 rings (SSSR count). The summed E-state index contributed by atoms with van der Waals surface area (Å²) in [6.45, 7) is 3.50. The van der Waals surface area contributed by atoms with Crippen LogP contribution in [0.4, 0.5) is 0 Å². The zero-order valence-corrected chi connectivity index (χ0v) is 12.3. The van der Waals surface area contributed by atoms with E-state index in [4.69, 9.17) is 0 Å². The van der Waals surface area contributed by atoms with Crippen molar-refractivity contribution < 1.29 is 4.79 Å². The van der Waals surface area contributed by atoms with E-state index in [9.17, 15) is 4.79 Å². The minimum Gasteiger partial charge on any atom is -0.352 e. The van der Waals surface area contributed by atoms with E-state index in [0.29, 0.717) is 12.6 Å². The molecule has 4 heteroatoms. The van der Waals surface area contributed by atoms with Crippen molar-refractivity contribution in [3.05, 3.63) is 35.4 Å². The lowest BCUT2D eigenvalue weighted by molar-refractivity contribution is 0.0956. The number of hydrogen-bond donors (Lipinski definition) is 2. The molecule has 106 valence electrons. The third kappa shape index (κ3) is 4.84. The van der Waals surface area contributed by atoms with Gasteiger partial charge < -0.3 is 10.6 Å². The van der Waals surface area contributed by atoms with Crippen LogP contribution in [0.5, 0.6) is 0 Å². The maximum absolute atomic E-state index is 11.6. The average molecular weight is 283 g/mol. The Morgan fingerprint density at radius 3 is 2.42 bits per heavy atom. The Balaban J connectivity index is 0.00000180. The zero-order chi connectivity index (χ0) is 12.8. The second kappa shape index (κ2) is 8.18. The molecule has 1 fully saturated rings. The lowest BCUT2D eigenvalue weighted by Gasteiger charge is -2.11. The van der Waals surface area contributed by atoms with Gasteiger partial charge in [0.05, 0.1) is 0 Å². The number of benzene rings is 1. The summed E-state index contributed by atoms with van der Waals surface area (Å²) in [5.74, 6) is 0.00722. The van der Waals surface area contributed by atoms with Gasteiger partial charge in [-0.1, -0.05) is 25.0 Å². The molecule has 0 radical (unpaired) electrons. The highest BCUT2D eigenvalue weighted by atomic mass is 35.5. The van der Waals surface area contributed by atoms with E-state index in [1.165, 1.54) is 31.2 Å².